The van der Waals surface area contributed by atoms with Gasteiger partial charge < -0.3 is 10.4 Å². The number of hydrogen-bond acceptors (Lipinski definition) is 4. The van der Waals surface area contributed by atoms with E-state index in [0.29, 0.717) is 12.5 Å². The Hall–Kier alpha value is -2.10. The number of aliphatic carboxylic acids is 1. The highest BCUT2D eigenvalue weighted by molar-refractivity contribution is 5.76. The quantitative estimate of drug-likeness (QED) is 0.842. The molecule has 2 aliphatic rings. The maximum atomic E-state index is 11.7. The molecule has 1 aliphatic carbocycles. The number of aromatic nitrogens is 2. The second-order valence-corrected chi connectivity index (χ2v) is 6.47. The molecule has 7 nitrogen and oxygen atoms in total. The molecule has 1 aromatic rings. The molecule has 1 saturated carbocycles. The Labute approximate surface area is 149 Å². The molecule has 1 aliphatic heterocycles. The first-order chi connectivity index (χ1) is 12.2. The lowest BCUT2D eigenvalue weighted by atomic mass is 10.1. The molecule has 0 aromatic carbocycles. The molecular weight excluding hydrogens is 353 g/mol. The molecule has 0 bridgehead atoms. The van der Waals surface area contributed by atoms with E-state index in [-0.39, 0.29) is 11.9 Å². The normalized spacial score (nSPS) is 20.8. The summed E-state index contributed by atoms with van der Waals surface area (Å²) >= 11 is 0. The average molecular weight is 376 g/mol. The molecule has 0 saturated heterocycles. The summed E-state index contributed by atoms with van der Waals surface area (Å²) < 4.78 is 33.8. The van der Waals surface area contributed by atoms with E-state index in [2.05, 4.69) is 21.4 Å². The van der Waals surface area contributed by atoms with Crippen LogP contribution in [-0.2, 0) is 16.1 Å². The van der Waals surface area contributed by atoms with Gasteiger partial charge in [-0.05, 0) is 18.9 Å². The van der Waals surface area contributed by atoms with Crippen molar-refractivity contribution in [1.82, 2.24) is 20.0 Å². The van der Waals surface area contributed by atoms with Crippen LogP contribution in [0.2, 0.25) is 0 Å². The van der Waals surface area contributed by atoms with Crippen LogP contribution in [0.25, 0.3) is 0 Å². The Kier molecular flexibility index (Phi) is 6.63. The average Bonchev–Trinajstić information content (AvgIpc) is 3.25. The van der Waals surface area contributed by atoms with Gasteiger partial charge in [-0.3, -0.25) is 14.4 Å². The Morgan fingerprint density at radius 1 is 1.35 bits per heavy atom. The van der Waals surface area contributed by atoms with Crippen molar-refractivity contribution in [3.8, 4) is 0 Å². The van der Waals surface area contributed by atoms with Crippen LogP contribution >= 0.6 is 0 Å². The van der Waals surface area contributed by atoms with E-state index in [4.69, 9.17) is 9.90 Å². The number of halogens is 3. The number of nitrogens with one attached hydrogen (secondary N) is 1. The topological polar surface area (TPSA) is 87.5 Å². The van der Waals surface area contributed by atoms with Crippen LogP contribution in [0.5, 0.6) is 0 Å². The maximum absolute atomic E-state index is 11.7. The number of carboxylic acids is 1. The van der Waals surface area contributed by atoms with Gasteiger partial charge in [0.2, 0.25) is 5.91 Å². The molecule has 1 unspecified atom stereocenters. The molecular formula is C16H23F3N4O3. The number of carboxylic acid groups (broad SMARTS) is 1. The second kappa shape index (κ2) is 8.52. The van der Waals surface area contributed by atoms with Crippen LogP contribution in [0.15, 0.2) is 12.3 Å². The Morgan fingerprint density at radius 3 is 2.50 bits per heavy atom. The number of alkyl halides is 3. The number of rotatable bonds is 3. The van der Waals surface area contributed by atoms with Gasteiger partial charge >= 0.3 is 12.1 Å². The van der Waals surface area contributed by atoms with E-state index < -0.39 is 12.1 Å². The molecule has 0 spiro atoms. The lowest BCUT2D eigenvalue weighted by Crippen LogP contribution is -2.43. The van der Waals surface area contributed by atoms with Crippen LogP contribution in [0.1, 0.15) is 43.8 Å². The van der Waals surface area contributed by atoms with Crippen molar-refractivity contribution in [2.24, 2.45) is 0 Å². The van der Waals surface area contributed by atoms with Gasteiger partial charge in [-0.2, -0.15) is 18.3 Å². The third-order valence-electron chi connectivity index (χ3n) is 4.69. The monoisotopic (exact) mass is 376 g/mol. The van der Waals surface area contributed by atoms with Gasteiger partial charge in [0.05, 0.1) is 18.2 Å². The number of nitrogens with zero attached hydrogens (tertiary/aromatic N) is 3. The van der Waals surface area contributed by atoms with E-state index in [1.54, 1.807) is 7.05 Å². The summed E-state index contributed by atoms with van der Waals surface area (Å²) in [6.45, 7) is 1.93. The highest BCUT2D eigenvalue weighted by Gasteiger charge is 2.38. The van der Waals surface area contributed by atoms with Gasteiger partial charge in [0.1, 0.15) is 0 Å². The zero-order valence-corrected chi connectivity index (χ0v) is 14.5. The molecule has 26 heavy (non-hydrogen) atoms. The van der Waals surface area contributed by atoms with E-state index in [9.17, 15) is 18.0 Å². The summed E-state index contributed by atoms with van der Waals surface area (Å²) in [5, 5.41) is 14.2. The van der Waals surface area contributed by atoms with Gasteiger partial charge in [-0.25, -0.2) is 4.79 Å². The second-order valence-electron chi connectivity index (χ2n) is 6.47. The maximum Gasteiger partial charge on any atom is 0.490 e. The van der Waals surface area contributed by atoms with Gasteiger partial charge in [-0.1, -0.05) is 12.8 Å². The van der Waals surface area contributed by atoms with E-state index in [1.807, 2.05) is 10.9 Å². The standard InChI is InChI=1S/C14H22N4O.C2HF3O2/c1-15-14(19)8-13-10-17(11-4-2-3-5-11)9-12-6-7-16-18(12)13;3-2(4,5)1(6)7/h6-7,11,13H,2-5,8-10H2,1H3,(H,15,19);(H,6,7). The third kappa shape index (κ3) is 5.20. The first-order valence-electron chi connectivity index (χ1n) is 8.49. The number of fused-ring (bicyclic) bond motifs is 1. The van der Waals surface area contributed by atoms with Gasteiger partial charge in [0.15, 0.2) is 0 Å². The van der Waals surface area contributed by atoms with Gasteiger partial charge in [-0.15, -0.1) is 0 Å². The molecule has 1 fully saturated rings. The highest BCUT2D eigenvalue weighted by Crippen LogP contribution is 2.30. The summed E-state index contributed by atoms with van der Waals surface area (Å²) in [6.07, 6.45) is 2.60. The smallest absolute Gasteiger partial charge is 0.475 e. The Morgan fingerprint density at radius 2 is 1.96 bits per heavy atom. The summed E-state index contributed by atoms with van der Waals surface area (Å²) in [4.78, 5) is 23.1. The van der Waals surface area contributed by atoms with Crippen molar-refractivity contribution < 1.29 is 27.9 Å². The third-order valence-corrected chi connectivity index (χ3v) is 4.69. The number of carbonyl (C=O) groups is 2. The van der Waals surface area contributed by atoms with Gasteiger partial charge in [0, 0.05) is 32.4 Å². The van der Waals surface area contributed by atoms with Gasteiger partial charge in [0.25, 0.3) is 0 Å². The van der Waals surface area contributed by atoms with Crippen LogP contribution in [-0.4, -0.2) is 57.5 Å². The minimum absolute atomic E-state index is 0.0970. The first kappa shape index (κ1) is 20.2. The summed E-state index contributed by atoms with van der Waals surface area (Å²) in [6, 6.07) is 2.97. The molecule has 1 amide bonds. The highest BCUT2D eigenvalue weighted by atomic mass is 19.4. The van der Waals surface area contributed by atoms with Crippen molar-refractivity contribution in [3.05, 3.63) is 18.0 Å². The molecule has 146 valence electrons. The number of carbonyl (C=O) groups excluding carboxylic acids is 1. The van der Waals surface area contributed by atoms with E-state index >= 15 is 0 Å². The first-order valence-corrected chi connectivity index (χ1v) is 8.49. The molecule has 10 heteroatoms. The van der Waals surface area contributed by atoms with Crippen LogP contribution < -0.4 is 5.32 Å². The van der Waals surface area contributed by atoms with E-state index in [1.165, 1.54) is 31.4 Å². The molecule has 1 aromatic heterocycles. The minimum atomic E-state index is -5.08. The van der Waals surface area contributed by atoms with E-state index in [0.717, 1.165) is 13.1 Å². The Bertz CT molecular complexity index is 627. The fraction of sp³-hybridized carbons (Fsp3) is 0.688. The van der Waals surface area contributed by atoms with Crippen molar-refractivity contribution in [3.63, 3.8) is 0 Å². The van der Waals surface area contributed by atoms with Crippen molar-refractivity contribution in [2.75, 3.05) is 13.6 Å². The number of hydrogen-bond donors (Lipinski definition) is 2. The fourth-order valence-electron chi connectivity index (χ4n) is 3.43. The predicted molar refractivity (Wildman–Crippen MR) is 86.3 cm³/mol. The van der Waals surface area contributed by atoms with Crippen molar-refractivity contribution in [1.29, 1.82) is 0 Å². The molecule has 0 radical (unpaired) electrons. The van der Waals surface area contributed by atoms with Crippen LogP contribution in [0, 0.1) is 0 Å². The SMILES string of the molecule is CNC(=O)CC1CN(C2CCCC2)Cc2ccnn21.O=C(O)C(F)(F)F. The summed E-state index contributed by atoms with van der Waals surface area (Å²) in [5.74, 6) is -2.66. The van der Waals surface area contributed by atoms with Crippen LogP contribution in [0.4, 0.5) is 13.2 Å². The predicted octanol–water partition coefficient (Wildman–Crippen LogP) is 1.95. The lowest BCUT2D eigenvalue weighted by molar-refractivity contribution is -0.192. The molecule has 1 atom stereocenters. The van der Waals surface area contributed by atoms with Crippen LogP contribution in [0.3, 0.4) is 0 Å². The number of amides is 1. The molecule has 2 heterocycles. The lowest BCUT2D eigenvalue weighted by Gasteiger charge is -2.37. The van der Waals surface area contributed by atoms with Crippen molar-refractivity contribution in [2.45, 2.75) is 56.9 Å². The summed E-state index contributed by atoms with van der Waals surface area (Å²) in [7, 11) is 1.70. The molecule has 2 N–H and O–H groups in total. The fourth-order valence-corrected chi connectivity index (χ4v) is 3.43. The minimum Gasteiger partial charge on any atom is -0.475 e. The summed E-state index contributed by atoms with van der Waals surface area (Å²) in [5.41, 5.74) is 1.24. The van der Waals surface area contributed by atoms with Crippen molar-refractivity contribution >= 4 is 11.9 Å². The zero-order valence-electron chi connectivity index (χ0n) is 14.5. The Balaban J connectivity index is 0.000000298. The largest absolute Gasteiger partial charge is 0.490 e. The molecule has 3 rings (SSSR count). The zero-order chi connectivity index (χ0) is 19.3.